The van der Waals surface area contributed by atoms with E-state index in [1.165, 1.54) is 5.69 Å². The second kappa shape index (κ2) is 6.77. The predicted molar refractivity (Wildman–Crippen MR) is 95.7 cm³/mol. The fourth-order valence-electron chi connectivity index (χ4n) is 3.31. The van der Waals surface area contributed by atoms with Gasteiger partial charge in [0.25, 0.3) is 0 Å². The van der Waals surface area contributed by atoms with Crippen LogP contribution in [-0.4, -0.2) is 29.2 Å². The van der Waals surface area contributed by atoms with Gasteiger partial charge in [0.15, 0.2) is 0 Å². The average molecular weight is 348 g/mol. The predicted octanol–water partition coefficient (Wildman–Crippen LogP) is 4.39. The zero-order valence-electron chi connectivity index (χ0n) is 14.1. The van der Waals surface area contributed by atoms with E-state index in [1.54, 1.807) is 25.3 Å². The molecule has 0 aliphatic carbocycles. The zero-order valence-corrected chi connectivity index (χ0v) is 14.9. The number of ether oxygens (including phenoxy) is 1. The van der Waals surface area contributed by atoms with Crippen LogP contribution in [0.2, 0.25) is 5.02 Å². The van der Waals surface area contributed by atoms with E-state index in [2.05, 4.69) is 36.0 Å². The Labute approximate surface area is 147 Å². The number of anilines is 1. The lowest BCUT2D eigenvalue weighted by molar-refractivity contribution is 0.144. The Morgan fingerprint density at radius 1 is 1.33 bits per heavy atom. The number of urea groups is 1. The van der Waals surface area contributed by atoms with Crippen molar-refractivity contribution in [2.24, 2.45) is 5.92 Å². The van der Waals surface area contributed by atoms with E-state index in [1.807, 2.05) is 11.0 Å². The molecule has 0 radical (unpaired) electrons. The van der Waals surface area contributed by atoms with Crippen molar-refractivity contribution in [2.45, 2.75) is 26.4 Å². The first kappa shape index (κ1) is 16.7. The molecule has 128 valence electrons. The van der Waals surface area contributed by atoms with Crippen LogP contribution in [0.1, 0.15) is 25.6 Å². The monoisotopic (exact) mass is 347 g/mol. The molecule has 0 saturated heterocycles. The molecule has 0 saturated carbocycles. The highest BCUT2D eigenvalue weighted by atomic mass is 35.5. The number of fused-ring (bicyclic) bond motifs is 1. The lowest BCUT2D eigenvalue weighted by atomic mass is 9.97. The van der Waals surface area contributed by atoms with Gasteiger partial charge in [-0.2, -0.15) is 0 Å². The van der Waals surface area contributed by atoms with Crippen LogP contribution < -0.4 is 10.1 Å². The molecule has 2 aromatic rings. The number of hydrogen-bond donors (Lipinski definition) is 1. The van der Waals surface area contributed by atoms with Gasteiger partial charge in [0.2, 0.25) is 0 Å². The first-order valence-electron chi connectivity index (χ1n) is 8.07. The first-order chi connectivity index (χ1) is 11.5. The van der Waals surface area contributed by atoms with E-state index in [0.717, 1.165) is 6.54 Å². The average Bonchev–Trinajstić information content (AvgIpc) is 3.02. The van der Waals surface area contributed by atoms with Gasteiger partial charge in [-0.15, -0.1) is 0 Å². The smallest absolute Gasteiger partial charge is 0.322 e. The number of rotatable bonds is 3. The summed E-state index contributed by atoms with van der Waals surface area (Å²) in [5, 5.41) is 3.50. The molecule has 0 fully saturated rings. The second-order valence-electron chi connectivity index (χ2n) is 6.28. The van der Waals surface area contributed by atoms with Crippen LogP contribution in [0.15, 0.2) is 36.5 Å². The number of halogens is 1. The number of hydrogen-bond acceptors (Lipinski definition) is 2. The minimum absolute atomic E-state index is 0.0407. The molecular formula is C18H22ClN3O2. The number of benzene rings is 1. The fraction of sp³-hybridized carbons (Fsp3) is 0.389. The summed E-state index contributed by atoms with van der Waals surface area (Å²) in [5.74, 6) is 0.903. The molecule has 1 aromatic heterocycles. The first-order valence-corrected chi connectivity index (χ1v) is 8.45. The van der Waals surface area contributed by atoms with Crippen LogP contribution >= 0.6 is 11.6 Å². The SMILES string of the molecule is COc1ccc(Cl)cc1NC(=O)N1CCn2cccc2C1C(C)C. The van der Waals surface area contributed by atoms with Crippen molar-refractivity contribution >= 4 is 23.3 Å². The largest absolute Gasteiger partial charge is 0.495 e. The summed E-state index contributed by atoms with van der Waals surface area (Å²) in [6, 6.07) is 9.21. The minimum Gasteiger partial charge on any atom is -0.495 e. The molecule has 2 heterocycles. The lowest BCUT2D eigenvalue weighted by Gasteiger charge is -2.39. The van der Waals surface area contributed by atoms with E-state index >= 15 is 0 Å². The van der Waals surface area contributed by atoms with Crippen molar-refractivity contribution in [3.63, 3.8) is 0 Å². The maximum absolute atomic E-state index is 12.9. The van der Waals surface area contributed by atoms with Crippen molar-refractivity contribution in [3.05, 3.63) is 47.2 Å². The van der Waals surface area contributed by atoms with Gasteiger partial charge >= 0.3 is 6.03 Å². The highest BCUT2D eigenvalue weighted by Gasteiger charge is 2.33. The van der Waals surface area contributed by atoms with E-state index in [9.17, 15) is 4.79 Å². The van der Waals surface area contributed by atoms with Gasteiger partial charge in [-0.05, 0) is 36.2 Å². The molecule has 2 amide bonds. The molecule has 1 unspecified atom stereocenters. The Kier molecular flexibility index (Phi) is 4.71. The zero-order chi connectivity index (χ0) is 17.3. The van der Waals surface area contributed by atoms with E-state index < -0.39 is 0 Å². The molecule has 3 rings (SSSR count). The summed E-state index contributed by atoms with van der Waals surface area (Å²) in [4.78, 5) is 14.8. The molecule has 1 aliphatic rings. The molecule has 0 bridgehead atoms. The van der Waals surface area contributed by atoms with Crippen LogP contribution in [0.25, 0.3) is 0 Å². The molecule has 1 N–H and O–H groups in total. The highest BCUT2D eigenvalue weighted by molar-refractivity contribution is 6.31. The van der Waals surface area contributed by atoms with Crippen molar-refractivity contribution in [1.82, 2.24) is 9.47 Å². The van der Waals surface area contributed by atoms with Gasteiger partial charge in [0.05, 0.1) is 18.8 Å². The van der Waals surface area contributed by atoms with Crippen molar-refractivity contribution in [3.8, 4) is 5.75 Å². The number of nitrogens with one attached hydrogen (secondary N) is 1. The number of carbonyl (C=O) groups excluding carboxylic acids is 1. The van der Waals surface area contributed by atoms with Gasteiger partial charge in [0, 0.05) is 30.0 Å². The lowest BCUT2D eigenvalue weighted by Crippen LogP contribution is -2.45. The van der Waals surface area contributed by atoms with Gasteiger partial charge in [-0.25, -0.2) is 4.79 Å². The summed E-state index contributed by atoms with van der Waals surface area (Å²) in [7, 11) is 1.57. The number of amides is 2. The Bertz CT molecular complexity index is 742. The van der Waals surface area contributed by atoms with Gasteiger partial charge < -0.3 is 19.5 Å². The van der Waals surface area contributed by atoms with Crippen LogP contribution in [0, 0.1) is 5.92 Å². The molecule has 1 atom stereocenters. The van der Waals surface area contributed by atoms with Crippen LogP contribution in [-0.2, 0) is 6.54 Å². The van der Waals surface area contributed by atoms with Crippen LogP contribution in [0.5, 0.6) is 5.75 Å². The standard InChI is InChI=1S/C18H22ClN3O2/c1-12(2)17-15-5-4-8-21(15)9-10-22(17)18(23)20-14-11-13(19)6-7-16(14)24-3/h4-8,11-12,17H,9-10H2,1-3H3,(H,20,23). The molecule has 0 spiro atoms. The van der Waals surface area contributed by atoms with Crippen molar-refractivity contribution in [1.29, 1.82) is 0 Å². The maximum atomic E-state index is 12.9. The minimum atomic E-state index is -0.137. The van der Waals surface area contributed by atoms with E-state index in [0.29, 0.717) is 28.9 Å². The third-order valence-electron chi connectivity index (χ3n) is 4.38. The van der Waals surface area contributed by atoms with Gasteiger partial charge in [-0.1, -0.05) is 25.4 Å². The van der Waals surface area contributed by atoms with Gasteiger partial charge in [-0.3, -0.25) is 0 Å². The molecule has 1 aromatic carbocycles. The van der Waals surface area contributed by atoms with Gasteiger partial charge in [0.1, 0.15) is 5.75 Å². The third kappa shape index (κ3) is 3.08. The Morgan fingerprint density at radius 2 is 2.12 bits per heavy atom. The second-order valence-corrected chi connectivity index (χ2v) is 6.72. The molecule has 5 nitrogen and oxygen atoms in total. The summed E-state index contributed by atoms with van der Waals surface area (Å²) in [6.45, 7) is 5.73. The fourth-order valence-corrected chi connectivity index (χ4v) is 3.48. The molecule has 6 heteroatoms. The number of nitrogens with zero attached hydrogens (tertiary/aromatic N) is 2. The third-order valence-corrected chi connectivity index (χ3v) is 4.62. The van der Waals surface area contributed by atoms with Crippen LogP contribution in [0.3, 0.4) is 0 Å². The summed E-state index contributed by atoms with van der Waals surface area (Å²) >= 11 is 6.05. The molecule has 1 aliphatic heterocycles. The Balaban J connectivity index is 1.86. The Hall–Kier alpha value is -2.14. The summed E-state index contributed by atoms with van der Waals surface area (Å²) in [6.07, 6.45) is 2.07. The number of aromatic nitrogens is 1. The maximum Gasteiger partial charge on any atom is 0.322 e. The number of methoxy groups -OCH3 is 1. The van der Waals surface area contributed by atoms with Crippen molar-refractivity contribution in [2.75, 3.05) is 19.0 Å². The topological polar surface area (TPSA) is 46.5 Å². The summed E-state index contributed by atoms with van der Waals surface area (Å²) in [5.41, 5.74) is 1.75. The van der Waals surface area contributed by atoms with Crippen LogP contribution in [0.4, 0.5) is 10.5 Å². The molecular weight excluding hydrogens is 326 g/mol. The van der Waals surface area contributed by atoms with Crippen molar-refractivity contribution < 1.29 is 9.53 Å². The highest BCUT2D eigenvalue weighted by Crippen LogP contribution is 2.34. The quantitative estimate of drug-likeness (QED) is 0.894. The normalized spacial score (nSPS) is 16.9. The molecule has 24 heavy (non-hydrogen) atoms. The van der Waals surface area contributed by atoms with E-state index in [-0.39, 0.29) is 12.1 Å². The Morgan fingerprint density at radius 3 is 2.83 bits per heavy atom. The number of carbonyl (C=O) groups is 1. The van der Waals surface area contributed by atoms with E-state index in [4.69, 9.17) is 16.3 Å². The summed E-state index contributed by atoms with van der Waals surface area (Å²) < 4.78 is 7.53.